The van der Waals surface area contributed by atoms with Crippen LogP contribution < -0.4 is 5.32 Å². The molecule has 0 spiro atoms. The van der Waals surface area contributed by atoms with Gasteiger partial charge in [-0.15, -0.1) is 0 Å². The lowest BCUT2D eigenvalue weighted by molar-refractivity contribution is -0.137. The van der Waals surface area contributed by atoms with Gasteiger partial charge in [0.1, 0.15) is 0 Å². The molecule has 1 heterocycles. The van der Waals surface area contributed by atoms with Gasteiger partial charge >= 0.3 is 6.18 Å². The molecule has 0 radical (unpaired) electrons. The molecular formula is C17H14F3N3O. The molecule has 3 aromatic rings. The monoisotopic (exact) mass is 333 g/mol. The molecule has 2 N–H and O–H groups in total. The Morgan fingerprint density at radius 1 is 1.12 bits per heavy atom. The van der Waals surface area contributed by atoms with Crippen molar-refractivity contribution in [3.63, 3.8) is 0 Å². The van der Waals surface area contributed by atoms with E-state index in [0.29, 0.717) is 13.0 Å². The molecule has 1 amide bonds. The summed E-state index contributed by atoms with van der Waals surface area (Å²) in [4.78, 5) is 19.1. The number of halogens is 3. The van der Waals surface area contributed by atoms with E-state index < -0.39 is 17.6 Å². The number of hydrogen-bond donors (Lipinski definition) is 2. The number of nitrogens with one attached hydrogen (secondary N) is 2. The number of nitrogens with zero attached hydrogens (tertiary/aromatic N) is 1. The number of aromatic nitrogens is 2. The molecule has 0 aliphatic heterocycles. The van der Waals surface area contributed by atoms with Crippen LogP contribution in [-0.2, 0) is 12.6 Å². The van der Waals surface area contributed by atoms with Crippen molar-refractivity contribution in [1.82, 2.24) is 15.3 Å². The Hall–Kier alpha value is -2.83. The first-order chi connectivity index (χ1) is 11.4. The highest BCUT2D eigenvalue weighted by atomic mass is 19.4. The quantitative estimate of drug-likeness (QED) is 0.767. The van der Waals surface area contributed by atoms with Crippen molar-refractivity contribution < 1.29 is 18.0 Å². The molecule has 2 aromatic carbocycles. The van der Waals surface area contributed by atoms with E-state index in [2.05, 4.69) is 15.3 Å². The lowest BCUT2D eigenvalue weighted by atomic mass is 10.1. The summed E-state index contributed by atoms with van der Waals surface area (Å²) in [5.41, 5.74) is 2.24. The fourth-order valence-electron chi connectivity index (χ4n) is 2.37. The molecule has 4 nitrogen and oxygen atoms in total. The molecular weight excluding hydrogens is 319 g/mol. The van der Waals surface area contributed by atoms with Crippen LogP contribution in [0.5, 0.6) is 0 Å². The first-order valence-corrected chi connectivity index (χ1v) is 7.31. The Labute approximate surface area is 135 Å². The summed E-state index contributed by atoms with van der Waals surface area (Å²) >= 11 is 0. The van der Waals surface area contributed by atoms with E-state index in [1.54, 1.807) is 6.33 Å². The Kier molecular flexibility index (Phi) is 4.24. The summed E-state index contributed by atoms with van der Waals surface area (Å²) in [6.45, 7) is 0.388. The lowest BCUT2D eigenvalue weighted by Crippen LogP contribution is -2.25. The lowest BCUT2D eigenvalue weighted by Gasteiger charge is -2.08. The standard InChI is InChI=1S/C17H14F3N3O/c18-17(19,20)13-4-2-12(3-5-13)16(24)21-8-7-11-1-6-14-15(9-11)23-10-22-14/h1-6,9-10H,7-8H2,(H,21,24)(H,22,23). The minimum Gasteiger partial charge on any atom is -0.352 e. The summed E-state index contributed by atoms with van der Waals surface area (Å²) in [6, 6.07) is 9.92. The second-order valence-corrected chi connectivity index (χ2v) is 5.34. The number of imidazole rings is 1. The van der Waals surface area contributed by atoms with Crippen LogP contribution in [0.25, 0.3) is 11.0 Å². The molecule has 7 heteroatoms. The summed E-state index contributed by atoms with van der Waals surface area (Å²) in [5, 5.41) is 2.70. The van der Waals surface area contributed by atoms with E-state index in [0.717, 1.165) is 28.7 Å². The van der Waals surface area contributed by atoms with E-state index in [4.69, 9.17) is 0 Å². The van der Waals surface area contributed by atoms with Crippen LogP contribution >= 0.6 is 0 Å². The molecule has 0 saturated carbocycles. The largest absolute Gasteiger partial charge is 0.416 e. The number of rotatable bonds is 4. The van der Waals surface area contributed by atoms with Crippen LogP contribution in [0, 0.1) is 0 Å². The minimum atomic E-state index is -4.40. The second-order valence-electron chi connectivity index (χ2n) is 5.34. The maximum Gasteiger partial charge on any atom is 0.416 e. The van der Waals surface area contributed by atoms with Crippen LogP contribution in [0.1, 0.15) is 21.5 Å². The van der Waals surface area contributed by atoms with Crippen LogP contribution in [-0.4, -0.2) is 22.4 Å². The SMILES string of the molecule is O=C(NCCc1ccc2nc[nH]c2c1)c1ccc(C(F)(F)F)cc1. The van der Waals surface area contributed by atoms with Gasteiger partial charge in [-0.2, -0.15) is 13.2 Å². The zero-order valence-electron chi connectivity index (χ0n) is 12.5. The number of carbonyl (C=O) groups excluding carboxylic acids is 1. The van der Waals surface area contributed by atoms with Crippen molar-refractivity contribution in [2.75, 3.05) is 6.54 Å². The Morgan fingerprint density at radius 3 is 2.58 bits per heavy atom. The normalized spacial score (nSPS) is 11.6. The van der Waals surface area contributed by atoms with E-state index >= 15 is 0 Å². The van der Waals surface area contributed by atoms with E-state index in [1.807, 2.05) is 18.2 Å². The topological polar surface area (TPSA) is 57.8 Å². The second kappa shape index (κ2) is 6.35. The molecule has 0 aliphatic rings. The number of H-pyrrole nitrogens is 1. The first kappa shape index (κ1) is 16.0. The molecule has 0 aliphatic carbocycles. The van der Waals surface area contributed by atoms with Gasteiger partial charge in [0.15, 0.2) is 0 Å². The fourth-order valence-corrected chi connectivity index (χ4v) is 2.37. The highest BCUT2D eigenvalue weighted by molar-refractivity contribution is 5.94. The van der Waals surface area contributed by atoms with Crippen LogP contribution in [0.3, 0.4) is 0 Å². The number of aromatic amines is 1. The first-order valence-electron chi connectivity index (χ1n) is 7.31. The van der Waals surface area contributed by atoms with Crippen LogP contribution in [0.4, 0.5) is 13.2 Å². The minimum absolute atomic E-state index is 0.201. The predicted molar refractivity (Wildman–Crippen MR) is 83.6 cm³/mol. The van der Waals surface area contributed by atoms with Crippen molar-refractivity contribution in [3.8, 4) is 0 Å². The highest BCUT2D eigenvalue weighted by Gasteiger charge is 2.30. The van der Waals surface area contributed by atoms with Crippen molar-refractivity contribution in [1.29, 1.82) is 0 Å². The summed E-state index contributed by atoms with van der Waals surface area (Å²) in [6.07, 6.45) is -2.18. The third-order valence-corrected chi connectivity index (χ3v) is 3.66. The Balaban J connectivity index is 1.57. The van der Waals surface area contributed by atoms with Crippen molar-refractivity contribution in [2.45, 2.75) is 12.6 Å². The molecule has 3 rings (SSSR count). The Bertz CT molecular complexity index is 853. The molecule has 1 aromatic heterocycles. The zero-order chi connectivity index (χ0) is 17.2. The molecule has 0 fully saturated rings. The van der Waals surface area contributed by atoms with Crippen LogP contribution in [0.2, 0.25) is 0 Å². The number of fused-ring (bicyclic) bond motifs is 1. The third kappa shape index (κ3) is 3.56. The number of benzene rings is 2. The predicted octanol–water partition coefficient (Wildman–Crippen LogP) is 3.55. The van der Waals surface area contributed by atoms with Crippen molar-refractivity contribution in [3.05, 3.63) is 65.5 Å². The van der Waals surface area contributed by atoms with E-state index in [-0.39, 0.29) is 5.56 Å². The highest BCUT2D eigenvalue weighted by Crippen LogP contribution is 2.29. The summed E-state index contributed by atoms with van der Waals surface area (Å²) < 4.78 is 37.5. The van der Waals surface area contributed by atoms with Crippen LogP contribution in [0.15, 0.2) is 48.8 Å². The van der Waals surface area contributed by atoms with E-state index in [1.165, 1.54) is 12.1 Å². The Morgan fingerprint density at radius 2 is 1.88 bits per heavy atom. The molecule has 124 valence electrons. The van der Waals surface area contributed by atoms with Gasteiger partial charge < -0.3 is 10.3 Å². The molecule has 0 bridgehead atoms. The van der Waals surface area contributed by atoms with Gasteiger partial charge in [0.2, 0.25) is 0 Å². The van der Waals surface area contributed by atoms with Crippen molar-refractivity contribution in [2.24, 2.45) is 0 Å². The molecule has 0 atom stereocenters. The van der Waals surface area contributed by atoms with Gasteiger partial charge in [-0.05, 0) is 48.4 Å². The average molecular weight is 333 g/mol. The molecule has 24 heavy (non-hydrogen) atoms. The average Bonchev–Trinajstić information content (AvgIpc) is 3.02. The molecule has 0 saturated heterocycles. The van der Waals surface area contributed by atoms with Gasteiger partial charge in [-0.25, -0.2) is 4.98 Å². The number of alkyl halides is 3. The number of amides is 1. The zero-order valence-corrected chi connectivity index (χ0v) is 12.5. The fraction of sp³-hybridized carbons (Fsp3) is 0.176. The summed E-state index contributed by atoms with van der Waals surface area (Å²) in [7, 11) is 0. The van der Waals surface area contributed by atoms with Gasteiger partial charge in [-0.1, -0.05) is 6.07 Å². The van der Waals surface area contributed by atoms with E-state index in [9.17, 15) is 18.0 Å². The maximum absolute atomic E-state index is 12.5. The van der Waals surface area contributed by atoms with Gasteiger partial charge in [0, 0.05) is 12.1 Å². The summed E-state index contributed by atoms with van der Waals surface area (Å²) in [5.74, 6) is -0.397. The third-order valence-electron chi connectivity index (χ3n) is 3.66. The van der Waals surface area contributed by atoms with Gasteiger partial charge in [0.25, 0.3) is 5.91 Å². The number of carbonyl (C=O) groups is 1. The van der Waals surface area contributed by atoms with Gasteiger partial charge in [-0.3, -0.25) is 4.79 Å². The number of hydrogen-bond acceptors (Lipinski definition) is 2. The van der Waals surface area contributed by atoms with Crippen molar-refractivity contribution >= 4 is 16.9 Å². The maximum atomic E-state index is 12.5. The smallest absolute Gasteiger partial charge is 0.352 e. The van der Waals surface area contributed by atoms with Gasteiger partial charge in [0.05, 0.1) is 22.9 Å². The molecule has 0 unspecified atom stereocenters.